The zero-order valence-corrected chi connectivity index (χ0v) is 10.7. The third-order valence-electron chi connectivity index (χ3n) is 2.94. The molecule has 0 radical (unpaired) electrons. The van der Waals surface area contributed by atoms with Gasteiger partial charge in [-0.25, -0.2) is 9.97 Å². The first-order chi connectivity index (χ1) is 9.69. The van der Waals surface area contributed by atoms with Gasteiger partial charge in [-0.05, 0) is 30.3 Å². The Morgan fingerprint density at radius 3 is 2.65 bits per heavy atom. The van der Waals surface area contributed by atoms with Crippen molar-refractivity contribution in [3.05, 3.63) is 42.4 Å². The Kier molecular flexibility index (Phi) is 2.83. The Morgan fingerprint density at radius 1 is 1.25 bits per heavy atom. The van der Waals surface area contributed by atoms with E-state index in [9.17, 15) is 4.79 Å². The molecule has 0 aliphatic heterocycles. The number of hydrogen-bond acceptors (Lipinski definition) is 5. The summed E-state index contributed by atoms with van der Waals surface area (Å²) >= 11 is 0. The van der Waals surface area contributed by atoms with Crippen LogP contribution in [0.3, 0.4) is 0 Å². The Hall–Kier alpha value is -2.89. The maximum absolute atomic E-state index is 11.3. The number of hydrogen-bond donors (Lipinski definition) is 1. The predicted octanol–water partition coefficient (Wildman–Crippen LogP) is 2.00. The summed E-state index contributed by atoms with van der Waals surface area (Å²) in [6, 6.07) is 9.06. The number of carbonyl (C=O) groups excluding carboxylic acids is 1. The minimum atomic E-state index is -0.612. The molecule has 100 valence electrons. The SMILES string of the molecule is COc1ccc(-c2cc3c(C(N)=O)ncnc3o2)cc1. The molecule has 0 atom stereocenters. The van der Waals surface area contributed by atoms with E-state index in [1.807, 2.05) is 24.3 Å². The number of furan rings is 1. The molecule has 0 aliphatic carbocycles. The molecule has 2 aromatic heterocycles. The highest BCUT2D eigenvalue weighted by molar-refractivity contribution is 6.03. The molecular weight excluding hydrogens is 258 g/mol. The number of carbonyl (C=O) groups is 1. The van der Waals surface area contributed by atoms with E-state index in [1.165, 1.54) is 6.33 Å². The van der Waals surface area contributed by atoms with Gasteiger partial charge < -0.3 is 14.9 Å². The molecule has 0 unspecified atom stereocenters. The van der Waals surface area contributed by atoms with Gasteiger partial charge in [0, 0.05) is 5.56 Å². The molecule has 0 saturated heterocycles. The molecule has 1 amide bonds. The Labute approximate surface area is 114 Å². The standard InChI is InChI=1S/C14H11N3O3/c1-19-9-4-2-8(3-5-9)11-6-10-12(13(15)18)16-7-17-14(10)20-11/h2-7H,1H3,(H2,15,18). The first kappa shape index (κ1) is 12.2. The number of benzene rings is 1. The molecule has 2 heterocycles. The zero-order valence-electron chi connectivity index (χ0n) is 10.7. The van der Waals surface area contributed by atoms with Crippen LogP contribution in [0.2, 0.25) is 0 Å². The summed E-state index contributed by atoms with van der Waals surface area (Å²) in [6.45, 7) is 0. The lowest BCUT2D eigenvalue weighted by atomic mass is 10.1. The molecule has 0 fully saturated rings. The molecule has 0 bridgehead atoms. The number of ether oxygens (including phenoxy) is 1. The summed E-state index contributed by atoms with van der Waals surface area (Å²) < 4.78 is 10.7. The number of primary amides is 1. The summed E-state index contributed by atoms with van der Waals surface area (Å²) in [7, 11) is 1.60. The summed E-state index contributed by atoms with van der Waals surface area (Å²) in [5.41, 5.74) is 6.61. The van der Waals surface area contributed by atoms with Crippen LogP contribution in [-0.4, -0.2) is 23.0 Å². The maximum Gasteiger partial charge on any atom is 0.268 e. The average Bonchev–Trinajstić information content (AvgIpc) is 2.90. The molecule has 0 saturated carbocycles. The van der Waals surface area contributed by atoms with E-state index < -0.39 is 5.91 Å². The summed E-state index contributed by atoms with van der Waals surface area (Å²) in [5, 5.41) is 0.505. The topological polar surface area (TPSA) is 91.2 Å². The van der Waals surface area contributed by atoms with Crippen molar-refractivity contribution in [1.29, 1.82) is 0 Å². The van der Waals surface area contributed by atoms with E-state index in [-0.39, 0.29) is 5.69 Å². The molecule has 20 heavy (non-hydrogen) atoms. The Balaban J connectivity index is 2.12. The second-order valence-corrected chi connectivity index (χ2v) is 4.14. The van der Waals surface area contributed by atoms with E-state index >= 15 is 0 Å². The Bertz CT molecular complexity index is 778. The lowest BCUT2D eigenvalue weighted by molar-refractivity contribution is 0.0997. The van der Waals surface area contributed by atoms with Crippen molar-refractivity contribution in [2.45, 2.75) is 0 Å². The molecular formula is C14H11N3O3. The molecule has 1 aromatic carbocycles. The van der Waals surface area contributed by atoms with Crippen molar-refractivity contribution in [1.82, 2.24) is 9.97 Å². The van der Waals surface area contributed by atoms with Gasteiger partial charge in [0.25, 0.3) is 5.91 Å². The third-order valence-corrected chi connectivity index (χ3v) is 2.94. The van der Waals surface area contributed by atoms with E-state index in [4.69, 9.17) is 14.9 Å². The highest BCUT2D eigenvalue weighted by Gasteiger charge is 2.14. The van der Waals surface area contributed by atoms with Crippen LogP contribution in [0.4, 0.5) is 0 Å². The van der Waals surface area contributed by atoms with Crippen LogP contribution >= 0.6 is 0 Å². The molecule has 0 aliphatic rings. The van der Waals surface area contributed by atoms with Crippen molar-refractivity contribution in [3.63, 3.8) is 0 Å². The minimum Gasteiger partial charge on any atom is -0.497 e. The van der Waals surface area contributed by atoms with Crippen molar-refractivity contribution in [2.24, 2.45) is 5.73 Å². The van der Waals surface area contributed by atoms with Gasteiger partial charge >= 0.3 is 0 Å². The Morgan fingerprint density at radius 2 is 2.00 bits per heavy atom. The monoisotopic (exact) mass is 269 g/mol. The highest BCUT2D eigenvalue weighted by Crippen LogP contribution is 2.28. The number of fused-ring (bicyclic) bond motifs is 1. The minimum absolute atomic E-state index is 0.151. The quantitative estimate of drug-likeness (QED) is 0.785. The number of nitrogens with two attached hydrogens (primary N) is 1. The lowest BCUT2D eigenvalue weighted by Gasteiger charge is -1.99. The molecule has 3 aromatic rings. The highest BCUT2D eigenvalue weighted by atomic mass is 16.5. The fraction of sp³-hybridized carbons (Fsp3) is 0.0714. The zero-order chi connectivity index (χ0) is 14.1. The van der Waals surface area contributed by atoms with Crippen molar-refractivity contribution >= 4 is 17.0 Å². The number of aromatic nitrogens is 2. The van der Waals surface area contributed by atoms with E-state index in [1.54, 1.807) is 13.2 Å². The van der Waals surface area contributed by atoms with Crippen molar-refractivity contribution < 1.29 is 13.9 Å². The maximum atomic E-state index is 11.3. The predicted molar refractivity (Wildman–Crippen MR) is 72.3 cm³/mol. The second kappa shape index (κ2) is 4.65. The van der Waals surface area contributed by atoms with Crippen LogP contribution in [0.1, 0.15) is 10.5 Å². The third kappa shape index (κ3) is 1.97. The molecule has 3 rings (SSSR count). The first-order valence-electron chi connectivity index (χ1n) is 5.88. The van der Waals surface area contributed by atoms with Crippen LogP contribution in [-0.2, 0) is 0 Å². The van der Waals surface area contributed by atoms with Crippen LogP contribution in [0.5, 0.6) is 5.75 Å². The van der Waals surface area contributed by atoms with Crippen molar-refractivity contribution in [3.8, 4) is 17.1 Å². The van der Waals surface area contributed by atoms with Gasteiger partial charge in [-0.1, -0.05) is 0 Å². The van der Waals surface area contributed by atoms with Gasteiger partial charge in [-0.3, -0.25) is 4.79 Å². The van der Waals surface area contributed by atoms with E-state index in [2.05, 4.69) is 9.97 Å². The largest absolute Gasteiger partial charge is 0.497 e. The van der Waals surface area contributed by atoms with Crippen LogP contribution in [0, 0.1) is 0 Å². The summed E-state index contributed by atoms with van der Waals surface area (Å²) in [6.07, 6.45) is 1.25. The lowest BCUT2D eigenvalue weighted by Crippen LogP contribution is -2.13. The van der Waals surface area contributed by atoms with Gasteiger partial charge in [-0.2, -0.15) is 0 Å². The van der Waals surface area contributed by atoms with Crippen LogP contribution in [0.25, 0.3) is 22.4 Å². The number of rotatable bonds is 3. The molecule has 6 nitrogen and oxygen atoms in total. The fourth-order valence-electron chi connectivity index (χ4n) is 1.95. The van der Waals surface area contributed by atoms with Gasteiger partial charge in [-0.15, -0.1) is 0 Å². The van der Waals surface area contributed by atoms with Gasteiger partial charge in [0.1, 0.15) is 23.5 Å². The number of methoxy groups -OCH3 is 1. The van der Waals surface area contributed by atoms with Gasteiger partial charge in [0.15, 0.2) is 0 Å². The number of nitrogens with zero attached hydrogens (tertiary/aromatic N) is 2. The smallest absolute Gasteiger partial charge is 0.268 e. The number of amides is 1. The van der Waals surface area contributed by atoms with Crippen LogP contribution < -0.4 is 10.5 Å². The van der Waals surface area contributed by atoms with E-state index in [0.29, 0.717) is 16.9 Å². The van der Waals surface area contributed by atoms with Crippen molar-refractivity contribution in [2.75, 3.05) is 7.11 Å². The first-order valence-corrected chi connectivity index (χ1v) is 5.88. The normalized spacial score (nSPS) is 10.7. The van der Waals surface area contributed by atoms with Gasteiger partial charge in [0.2, 0.25) is 5.71 Å². The van der Waals surface area contributed by atoms with Gasteiger partial charge in [0.05, 0.1) is 12.5 Å². The fourth-order valence-corrected chi connectivity index (χ4v) is 1.95. The van der Waals surface area contributed by atoms with Crippen LogP contribution in [0.15, 0.2) is 41.1 Å². The molecule has 6 heteroatoms. The second-order valence-electron chi connectivity index (χ2n) is 4.14. The summed E-state index contributed by atoms with van der Waals surface area (Å²) in [5.74, 6) is 0.729. The summed E-state index contributed by atoms with van der Waals surface area (Å²) in [4.78, 5) is 19.2. The van der Waals surface area contributed by atoms with E-state index in [0.717, 1.165) is 11.3 Å². The molecule has 2 N–H and O–H groups in total. The average molecular weight is 269 g/mol. The molecule has 0 spiro atoms.